The first-order valence-corrected chi connectivity index (χ1v) is 7.33. The first kappa shape index (κ1) is 17.8. The highest BCUT2D eigenvalue weighted by molar-refractivity contribution is 5.91. The van der Waals surface area contributed by atoms with Crippen molar-refractivity contribution in [3.05, 3.63) is 59.9 Å². The summed E-state index contributed by atoms with van der Waals surface area (Å²) in [5, 5.41) is 2.52. The van der Waals surface area contributed by atoms with Crippen molar-refractivity contribution in [1.29, 1.82) is 0 Å². The third kappa shape index (κ3) is 5.58. The van der Waals surface area contributed by atoms with Crippen molar-refractivity contribution in [2.24, 2.45) is 0 Å². The minimum absolute atomic E-state index is 0.0868. The summed E-state index contributed by atoms with van der Waals surface area (Å²) in [7, 11) is 1.81. The minimum Gasteiger partial charge on any atom is -0.435 e. The van der Waals surface area contributed by atoms with E-state index in [-0.39, 0.29) is 23.9 Å². The minimum atomic E-state index is -2.86. The van der Waals surface area contributed by atoms with Crippen LogP contribution in [0.2, 0.25) is 0 Å². The van der Waals surface area contributed by atoms with Gasteiger partial charge in [0.15, 0.2) is 6.54 Å². The molecule has 128 valence electrons. The average molecular weight is 339 g/mol. The second-order valence-corrected chi connectivity index (χ2v) is 5.36. The molecule has 0 spiro atoms. The van der Waals surface area contributed by atoms with Gasteiger partial charge in [-0.05, 0) is 36.4 Å². The monoisotopic (exact) mass is 339 g/mol. The number of hydrogen-bond acceptors (Lipinski definition) is 2. The van der Waals surface area contributed by atoms with Gasteiger partial charge in [-0.15, -0.1) is 0 Å². The molecule has 0 radical (unpaired) electrons. The van der Waals surface area contributed by atoms with Gasteiger partial charge in [0.05, 0.1) is 12.7 Å². The average Bonchev–Trinajstić information content (AvgIpc) is 2.51. The first-order chi connectivity index (χ1) is 11.4. The number of alkyl halides is 2. The lowest BCUT2D eigenvalue weighted by molar-refractivity contribution is -0.885. The Morgan fingerprint density at radius 2 is 1.83 bits per heavy atom. The van der Waals surface area contributed by atoms with E-state index in [2.05, 4.69) is 10.1 Å². The molecule has 0 aliphatic rings. The van der Waals surface area contributed by atoms with Crippen LogP contribution in [-0.4, -0.2) is 26.1 Å². The van der Waals surface area contributed by atoms with Crippen LogP contribution < -0.4 is 15.0 Å². The van der Waals surface area contributed by atoms with Crippen LogP contribution in [0.3, 0.4) is 0 Å². The number of carbonyl (C=O) groups excluding carboxylic acids is 1. The number of quaternary nitrogens is 1. The number of hydrogen-bond donors (Lipinski definition) is 2. The van der Waals surface area contributed by atoms with Crippen molar-refractivity contribution < 1.29 is 27.6 Å². The summed E-state index contributed by atoms with van der Waals surface area (Å²) in [4.78, 5) is 12.8. The number of anilines is 1. The zero-order chi connectivity index (χ0) is 17.5. The predicted molar refractivity (Wildman–Crippen MR) is 83.6 cm³/mol. The molecule has 2 aromatic carbocycles. The van der Waals surface area contributed by atoms with E-state index in [0.717, 1.165) is 10.5 Å². The number of ether oxygens (including phenoxy) is 1. The van der Waals surface area contributed by atoms with Crippen molar-refractivity contribution in [1.82, 2.24) is 0 Å². The van der Waals surface area contributed by atoms with E-state index in [4.69, 9.17) is 0 Å². The molecular formula is C17H18F3N2O2+. The number of nitrogens with one attached hydrogen (secondary N) is 2. The van der Waals surface area contributed by atoms with Crippen LogP contribution >= 0.6 is 0 Å². The number of amides is 1. The lowest BCUT2D eigenvalue weighted by Crippen LogP contribution is -3.08. The highest BCUT2D eigenvalue weighted by atomic mass is 19.3. The molecule has 2 rings (SSSR count). The largest absolute Gasteiger partial charge is 0.435 e. The number of rotatable bonds is 7. The molecule has 7 heteroatoms. The van der Waals surface area contributed by atoms with E-state index in [1.54, 1.807) is 24.3 Å². The molecule has 2 N–H and O–H groups in total. The SMILES string of the molecule is C[NH+](CC(=O)Nc1ccccc1F)Cc1ccc(OC(F)F)cc1. The molecule has 0 saturated carbocycles. The van der Waals surface area contributed by atoms with E-state index in [9.17, 15) is 18.0 Å². The van der Waals surface area contributed by atoms with Crippen LogP contribution in [0.4, 0.5) is 18.9 Å². The number of benzene rings is 2. The third-order valence-electron chi connectivity index (χ3n) is 3.26. The molecule has 0 fully saturated rings. The van der Waals surface area contributed by atoms with Crippen LogP contribution in [0.1, 0.15) is 5.56 Å². The summed E-state index contributed by atoms with van der Waals surface area (Å²) in [5.74, 6) is -0.711. The molecule has 0 bridgehead atoms. The molecule has 24 heavy (non-hydrogen) atoms. The fourth-order valence-corrected chi connectivity index (χ4v) is 2.23. The van der Waals surface area contributed by atoms with Gasteiger partial charge in [0.1, 0.15) is 18.1 Å². The number of para-hydroxylation sites is 1. The van der Waals surface area contributed by atoms with Crippen LogP contribution in [0.5, 0.6) is 5.75 Å². The van der Waals surface area contributed by atoms with Gasteiger partial charge in [-0.2, -0.15) is 8.78 Å². The Morgan fingerprint density at radius 3 is 2.46 bits per heavy atom. The summed E-state index contributed by atoms with van der Waals surface area (Å²) >= 11 is 0. The smallest absolute Gasteiger partial charge is 0.387 e. The zero-order valence-electron chi connectivity index (χ0n) is 13.1. The number of halogens is 3. The van der Waals surface area contributed by atoms with E-state index in [1.165, 1.54) is 24.3 Å². The van der Waals surface area contributed by atoms with Crippen LogP contribution in [-0.2, 0) is 11.3 Å². The molecule has 2 aromatic rings. The molecule has 0 aliphatic heterocycles. The predicted octanol–water partition coefficient (Wildman–Crippen LogP) is 2.08. The Balaban J connectivity index is 1.85. The van der Waals surface area contributed by atoms with Crippen molar-refractivity contribution in [2.45, 2.75) is 13.2 Å². The highest BCUT2D eigenvalue weighted by Crippen LogP contribution is 2.14. The van der Waals surface area contributed by atoms with Crippen molar-refractivity contribution in [2.75, 3.05) is 18.9 Å². The maximum Gasteiger partial charge on any atom is 0.387 e. The first-order valence-electron chi connectivity index (χ1n) is 7.33. The quantitative estimate of drug-likeness (QED) is 0.811. The normalized spacial score (nSPS) is 12.0. The van der Waals surface area contributed by atoms with Crippen molar-refractivity contribution in [3.8, 4) is 5.75 Å². The lowest BCUT2D eigenvalue weighted by atomic mass is 10.2. The number of carbonyl (C=O) groups is 1. The maximum absolute atomic E-state index is 13.5. The Hall–Kier alpha value is -2.54. The van der Waals surface area contributed by atoms with Crippen molar-refractivity contribution in [3.63, 3.8) is 0 Å². The molecule has 0 aliphatic carbocycles. The summed E-state index contributed by atoms with van der Waals surface area (Å²) < 4.78 is 41.9. The highest BCUT2D eigenvalue weighted by Gasteiger charge is 2.13. The zero-order valence-corrected chi connectivity index (χ0v) is 13.1. The Kier molecular flexibility index (Phi) is 6.20. The summed E-state index contributed by atoms with van der Waals surface area (Å²) in [6, 6.07) is 12.2. The molecule has 0 saturated heterocycles. The van der Waals surface area contributed by atoms with Gasteiger partial charge in [0.25, 0.3) is 5.91 Å². The standard InChI is InChI=1S/C17H17F3N2O2/c1-22(10-12-6-8-13(9-7-12)24-17(19)20)11-16(23)21-15-5-3-2-4-14(15)18/h2-9,17H,10-11H2,1H3,(H,21,23)/p+1. The second-order valence-electron chi connectivity index (χ2n) is 5.36. The molecule has 1 atom stereocenters. The van der Waals surface area contributed by atoms with Gasteiger partial charge in [-0.3, -0.25) is 4.79 Å². The van der Waals surface area contributed by atoms with Crippen molar-refractivity contribution >= 4 is 11.6 Å². The van der Waals surface area contributed by atoms with Gasteiger partial charge >= 0.3 is 6.61 Å². The van der Waals surface area contributed by atoms with E-state index >= 15 is 0 Å². The maximum atomic E-state index is 13.5. The van der Waals surface area contributed by atoms with Crippen LogP contribution in [0.15, 0.2) is 48.5 Å². The van der Waals surface area contributed by atoms with Gasteiger partial charge < -0.3 is 15.0 Å². The van der Waals surface area contributed by atoms with Crippen LogP contribution in [0.25, 0.3) is 0 Å². The summed E-state index contributed by atoms with van der Waals surface area (Å²) in [6.07, 6.45) is 0. The Morgan fingerprint density at radius 1 is 1.17 bits per heavy atom. The molecule has 0 aromatic heterocycles. The van der Waals surface area contributed by atoms with Gasteiger partial charge in [0.2, 0.25) is 0 Å². The third-order valence-corrected chi connectivity index (χ3v) is 3.26. The second kappa shape index (κ2) is 8.35. The topological polar surface area (TPSA) is 42.8 Å². The van der Waals surface area contributed by atoms with Gasteiger partial charge in [-0.1, -0.05) is 12.1 Å². The fourth-order valence-electron chi connectivity index (χ4n) is 2.23. The van der Waals surface area contributed by atoms with E-state index in [1.807, 2.05) is 7.05 Å². The van der Waals surface area contributed by atoms with E-state index in [0.29, 0.717) is 6.54 Å². The molecule has 1 unspecified atom stereocenters. The van der Waals surface area contributed by atoms with Gasteiger partial charge in [0, 0.05) is 5.56 Å². The van der Waals surface area contributed by atoms with Gasteiger partial charge in [-0.25, -0.2) is 4.39 Å². The molecule has 1 amide bonds. The Bertz CT molecular complexity index is 678. The Labute approximate surface area is 137 Å². The lowest BCUT2D eigenvalue weighted by Gasteiger charge is -2.14. The summed E-state index contributed by atoms with van der Waals surface area (Å²) in [5.41, 5.74) is 1.01. The summed E-state index contributed by atoms with van der Waals surface area (Å²) in [6.45, 7) is -2.20. The number of likely N-dealkylation sites (N-methyl/N-ethyl adjacent to an activating group) is 1. The van der Waals surface area contributed by atoms with E-state index < -0.39 is 12.4 Å². The molecule has 0 heterocycles. The molecular weight excluding hydrogens is 321 g/mol. The molecule has 4 nitrogen and oxygen atoms in total. The van der Waals surface area contributed by atoms with Crippen LogP contribution in [0, 0.1) is 5.82 Å². The fraction of sp³-hybridized carbons (Fsp3) is 0.235.